The van der Waals surface area contributed by atoms with Crippen LogP contribution in [-0.4, -0.2) is 59.3 Å². The fourth-order valence-corrected chi connectivity index (χ4v) is 3.92. The second-order valence-electron chi connectivity index (χ2n) is 6.43. The molecule has 8 nitrogen and oxygen atoms in total. The van der Waals surface area contributed by atoms with Crippen molar-refractivity contribution in [1.29, 1.82) is 0 Å². The Morgan fingerprint density at radius 3 is 2.58 bits per heavy atom. The van der Waals surface area contributed by atoms with Gasteiger partial charge in [-0.3, -0.25) is 14.5 Å². The van der Waals surface area contributed by atoms with Crippen LogP contribution in [0.2, 0.25) is 0 Å². The molecule has 0 atom stereocenters. The fraction of sp³-hybridized carbons (Fsp3) is 0.471. The van der Waals surface area contributed by atoms with Gasteiger partial charge in [-0.25, -0.2) is 12.7 Å². The number of carbonyl (C=O) groups excluding carboxylic acids is 1. The summed E-state index contributed by atoms with van der Waals surface area (Å²) in [7, 11) is -3.16. The van der Waals surface area contributed by atoms with Crippen LogP contribution < -0.4 is 5.32 Å². The van der Waals surface area contributed by atoms with Crippen LogP contribution in [0, 0.1) is 5.92 Å². The normalized spacial score (nSPS) is 16.5. The molecule has 2 aromatic rings. The molecule has 0 spiro atoms. The summed E-state index contributed by atoms with van der Waals surface area (Å²) in [5.74, 6) is -0.141. The van der Waals surface area contributed by atoms with E-state index in [9.17, 15) is 13.2 Å². The molecule has 1 fully saturated rings. The van der Waals surface area contributed by atoms with Crippen molar-refractivity contribution in [1.82, 2.24) is 24.4 Å². The largest absolute Gasteiger partial charge is 0.354 e. The third-order valence-corrected chi connectivity index (χ3v) is 5.85. The average Bonchev–Trinajstić information content (AvgIpc) is 3.11. The van der Waals surface area contributed by atoms with Gasteiger partial charge >= 0.3 is 0 Å². The summed E-state index contributed by atoms with van der Waals surface area (Å²) in [5.41, 5.74) is 1.87. The molecule has 3 rings (SSSR count). The predicted octanol–water partition coefficient (Wildman–Crippen LogP) is 0.733. The SMILES string of the molecule is CS(=O)(=O)N1CCC(C(=O)NCCn2ccc(-c3ccncc3)n2)CC1. The standard InChI is InChI=1S/C17H23N5O3S/c1-26(24,25)22-11-4-15(5-12-22)17(23)19-9-13-21-10-6-16(20-21)14-2-7-18-8-3-14/h2-3,6-8,10,15H,4-5,9,11-13H2,1H3,(H,19,23). The van der Waals surface area contributed by atoms with Crippen molar-refractivity contribution < 1.29 is 13.2 Å². The van der Waals surface area contributed by atoms with Crippen LogP contribution in [-0.2, 0) is 21.4 Å². The fourth-order valence-electron chi connectivity index (χ4n) is 3.05. The summed E-state index contributed by atoms with van der Waals surface area (Å²) in [6.45, 7) is 1.89. The van der Waals surface area contributed by atoms with Crippen LogP contribution in [0.4, 0.5) is 0 Å². The maximum absolute atomic E-state index is 12.3. The molecule has 0 bridgehead atoms. The molecule has 2 aromatic heterocycles. The van der Waals surface area contributed by atoms with Crippen LogP contribution in [0.25, 0.3) is 11.3 Å². The highest BCUT2D eigenvalue weighted by Gasteiger charge is 2.28. The van der Waals surface area contributed by atoms with Gasteiger partial charge in [-0.05, 0) is 31.0 Å². The minimum Gasteiger partial charge on any atom is -0.354 e. The number of aromatic nitrogens is 3. The number of piperidine rings is 1. The lowest BCUT2D eigenvalue weighted by Gasteiger charge is -2.29. The van der Waals surface area contributed by atoms with Gasteiger partial charge in [-0.15, -0.1) is 0 Å². The van der Waals surface area contributed by atoms with Gasteiger partial charge in [-0.1, -0.05) is 0 Å². The van der Waals surface area contributed by atoms with Crippen molar-refractivity contribution in [2.24, 2.45) is 5.92 Å². The van der Waals surface area contributed by atoms with Gasteiger partial charge in [0.1, 0.15) is 0 Å². The minimum absolute atomic E-state index is 0.0142. The van der Waals surface area contributed by atoms with E-state index in [1.165, 1.54) is 10.6 Å². The second-order valence-corrected chi connectivity index (χ2v) is 8.41. The van der Waals surface area contributed by atoms with E-state index in [4.69, 9.17) is 0 Å². The Morgan fingerprint density at radius 2 is 1.92 bits per heavy atom. The van der Waals surface area contributed by atoms with Crippen molar-refractivity contribution in [2.75, 3.05) is 25.9 Å². The number of pyridine rings is 1. The Kier molecular flexibility index (Phi) is 5.67. The van der Waals surface area contributed by atoms with E-state index >= 15 is 0 Å². The number of carbonyl (C=O) groups is 1. The van der Waals surface area contributed by atoms with Gasteiger partial charge in [0.05, 0.1) is 18.5 Å². The summed E-state index contributed by atoms with van der Waals surface area (Å²) in [6.07, 6.45) is 7.66. The molecule has 3 heterocycles. The van der Waals surface area contributed by atoms with Crippen molar-refractivity contribution in [3.63, 3.8) is 0 Å². The molecule has 1 N–H and O–H groups in total. The number of sulfonamides is 1. The summed E-state index contributed by atoms with van der Waals surface area (Å²) in [4.78, 5) is 16.2. The van der Waals surface area contributed by atoms with Crippen molar-refractivity contribution in [2.45, 2.75) is 19.4 Å². The maximum atomic E-state index is 12.3. The molecule has 0 aliphatic carbocycles. The third kappa shape index (κ3) is 4.67. The first-order chi connectivity index (χ1) is 12.4. The Bertz CT molecular complexity index is 842. The summed E-state index contributed by atoms with van der Waals surface area (Å²) < 4.78 is 26.2. The Morgan fingerprint density at radius 1 is 1.23 bits per heavy atom. The van der Waals surface area contributed by atoms with E-state index in [-0.39, 0.29) is 11.8 Å². The summed E-state index contributed by atoms with van der Waals surface area (Å²) >= 11 is 0. The monoisotopic (exact) mass is 377 g/mol. The van der Waals surface area contributed by atoms with Crippen LogP contribution in [0.5, 0.6) is 0 Å². The number of amides is 1. The molecule has 0 unspecified atom stereocenters. The number of rotatable bonds is 6. The van der Waals surface area contributed by atoms with Crippen LogP contribution in [0.15, 0.2) is 36.8 Å². The maximum Gasteiger partial charge on any atom is 0.223 e. The molecule has 140 valence electrons. The van der Waals surface area contributed by atoms with E-state index in [1.54, 1.807) is 17.1 Å². The molecular weight excluding hydrogens is 354 g/mol. The lowest BCUT2D eigenvalue weighted by atomic mass is 9.97. The van der Waals surface area contributed by atoms with Crippen molar-refractivity contribution in [3.8, 4) is 11.3 Å². The molecule has 0 radical (unpaired) electrons. The van der Waals surface area contributed by atoms with E-state index in [0.717, 1.165) is 11.3 Å². The van der Waals surface area contributed by atoms with Crippen LogP contribution in [0.1, 0.15) is 12.8 Å². The topological polar surface area (TPSA) is 97.2 Å². The smallest absolute Gasteiger partial charge is 0.223 e. The highest BCUT2D eigenvalue weighted by molar-refractivity contribution is 7.88. The molecule has 0 aromatic carbocycles. The summed E-state index contributed by atoms with van der Waals surface area (Å²) in [6, 6.07) is 5.73. The van der Waals surface area contributed by atoms with E-state index < -0.39 is 10.0 Å². The Labute approximate surface area is 153 Å². The molecule has 1 amide bonds. The quantitative estimate of drug-likeness (QED) is 0.801. The third-order valence-electron chi connectivity index (χ3n) is 4.55. The summed E-state index contributed by atoms with van der Waals surface area (Å²) in [5, 5.41) is 7.42. The first kappa shape index (κ1) is 18.5. The number of nitrogens with one attached hydrogen (secondary N) is 1. The van der Waals surface area contributed by atoms with Crippen LogP contribution >= 0.6 is 0 Å². The first-order valence-corrected chi connectivity index (χ1v) is 10.4. The molecule has 9 heteroatoms. The van der Waals surface area contributed by atoms with Gasteiger partial charge in [0, 0.05) is 49.7 Å². The van der Waals surface area contributed by atoms with Crippen molar-refractivity contribution in [3.05, 3.63) is 36.8 Å². The Hall–Kier alpha value is -2.26. The zero-order valence-corrected chi connectivity index (χ0v) is 15.5. The van der Waals surface area contributed by atoms with Gasteiger partial charge in [0.15, 0.2) is 0 Å². The minimum atomic E-state index is -3.16. The van der Waals surface area contributed by atoms with Crippen molar-refractivity contribution >= 4 is 15.9 Å². The van der Waals surface area contributed by atoms with Gasteiger partial charge < -0.3 is 5.32 Å². The predicted molar refractivity (Wildman–Crippen MR) is 97.6 cm³/mol. The Balaban J connectivity index is 1.44. The molecule has 26 heavy (non-hydrogen) atoms. The van der Waals surface area contributed by atoms with Gasteiger partial charge in [0.25, 0.3) is 0 Å². The molecule has 1 aliphatic heterocycles. The first-order valence-electron chi connectivity index (χ1n) is 8.60. The molecular formula is C17H23N5O3S. The highest BCUT2D eigenvalue weighted by Crippen LogP contribution is 2.19. The van der Waals surface area contributed by atoms with E-state index in [1.807, 2.05) is 24.4 Å². The van der Waals surface area contributed by atoms with Gasteiger partial charge in [0.2, 0.25) is 15.9 Å². The molecule has 1 aliphatic rings. The average molecular weight is 377 g/mol. The highest BCUT2D eigenvalue weighted by atomic mass is 32.2. The van der Waals surface area contributed by atoms with Gasteiger partial charge in [-0.2, -0.15) is 5.10 Å². The second kappa shape index (κ2) is 7.96. The lowest BCUT2D eigenvalue weighted by Crippen LogP contribution is -2.43. The van der Waals surface area contributed by atoms with Crippen LogP contribution in [0.3, 0.4) is 0 Å². The number of nitrogens with zero attached hydrogens (tertiary/aromatic N) is 4. The number of hydrogen-bond donors (Lipinski definition) is 1. The van der Waals surface area contributed by atoms with E-state index in [0.29, 0.717) is 39.0 Å². The van der Waals surface area contributed by atoms with E-state index in [2.05, 4.69) is 15.4 Å². The zero-order valence-electron chi connectivity index (χ0n) is 14.7. The molecule has 0 saturated carbocycles. The molecule has 1 saturated heterocycles. The number of hydrogen-bond acceptors (Lipinski definition) is 5. The zero-order chi connectivity index (χ0) is 18.6. The lowest BCUT2D eigenvalue weighted by molar-refractivity contribution is -0.126.